The van der Waals surface area contributed by atoms with Gasteiger partial charge in [-0.25, -0.2) is 14.4 Å². The van der Waals surface area contributed by atoms with Crippen molar-refractivity contribution in [3.63, 3.8) is 0 Å². The number of anilines is 2. The summed E-state index contributed by atoms with van der Waals surface area (Å²) in [5.41, 5.74) is 2.04. The number of carbonyl (C=O) groups is 2. The Balaban J connectivity index is 1.31. The fourth-order valence-electron chi connectivity index (χ4n) is 2.72. The van der Waals surface area contributed by atoms with Gasteiger partial charge in [-0.05, 0) is 42.5 Å². The minimum atomic E-state index is -0.353. The molecule has 0 aliphatic heterocycles. The summed E-state index contributed by atoms with van der Waals surface area (Å²) in [5.74, 6) is -0.219. The normalized spacial score (nSPS) is 10.9. The summed E-state index contributed by atoms with van der Waals surface area (Å²) < 4.78 is 16.5. The van der Waals surface area contributed by atoms with Crippen molar-refractivity contribution >= 4 is 68.3 Å². The fraction of sp³-hybridized carbons (Fsp3) is 0.143. The Hall–Kier alpha value is -2.89. The zero-order chi connectivity index (χ0) is 22.5. The molecule has 0 radical (unpaired) electrons. The molecule has 0 unspecified atom stereocenters. The number of thioether (sulfide) groups is 2. The quantitative estimate of drug-likeness (QED) is 0.352. The Bertz CT molecular complexity index is 1260. The van der Waals surface area contributed by atoms with Crippen LogP contribution in [0.25, 0.3) is 10.2 Å². The second-order valence-electron chi connectivity index (χ2n) is 6.66. The van der Waals surface area contributed by atoms with Crippen LogP contribution < -0.4 is 10.6 Å². The molecule has 2 aromatic carbocycles. The molecule has 2 heterocycles. The third-order valence-corrected chi connectivity index (χ3v) is 7.44. The molecule has 0 saturated carbocycles. The molecular weight excluding hydrogens is 469 g/mol. The summed E-state index contributed by atoms with van der Waals surface area (Å²) in [5, 5.41) is 6.40. The van der Waals surface area contributed by atoms with Gasteiger partial charge in [-0.1, -0.05) is 23.5 Å². The second kappa shape index (κ2) is 10.2. The lowest BCUT2D eigenvalue weighted by Gasteiger charge is -2.05. The van der Waals surface area contributed by atoms with Crippen LogP contribution in [0.4, 0.5) is 15.8 Å². The maximum Gasteiger partial charge on any atom is 0.234 e. The highest BCUT2D eigenvalue weighted by atomic mass is 32.2. The number of hydrogen-bond acceptors (Lipinski definition) is 7. The largest absolute Gasteiger partial charge is 0.329 e. The molecule has 32 heavy (non-hydrogen) atoms. The lowest BCUT2D eigenvalue weighted by atomic mass is 10.3. The van der Waals surface area contributed by atoms with Crippen molar-refractivity contribution < 1.29 is 14.0 Å². The van der Waals surface area contributed by atoms with E-state index in [0.29, 0.717) is 11.4 Å². The van der Waals surface area contributed by atoms with E-state index in [1.165, 1.54) is 59.1 Å². The van der Waals surface area contributed by atoms with E-state index < -0.39 is 0 Å². The Morgan fingerprint density at radius 3 is 2.44 bits per heavy atom. The predicted octanol–water partition coefficient (Wildman–Crippen LogP) is 4.63. The monoisotopic (exact) mass is 487 g/mol. The molecule has 0 atom stereocenters. The highest BCUT2D eigenvalue weighted by molar-refractivity contribution is 8.01. The highest BCUT2D eigenvalue weighted by Gasteiger charge is 2.11. The Labute approximate surface area is 195 Å². The number of rotatable bonds is 8. The number of nitrogens with zero attached hydrogens (tertiary/aromatic N) is 3. The molecule has 0 spiro atoms. The van der Waals surface area contributed by atoms with E-state index in [0.717, 1.165) is 19.7 Å². The van der Waals surface area contributed by atoms with Crippen LogP contribution in [0.2, 0.25) is 0 Å². The van der Waals surface area contributed by atoms with Crippen LogP contribution in [-0.2, 0) is 16.6 Å². The van der Waals surface area contributed by atoms with Gasteiger partial charge in [-0.2, -0.15) is 0 Å². The van der Waals surface area contributed by atoms with Gasteiger partial charge in [0.05, 0.1) is 21.7 Å². The van der Waals surface area contributed by atoms with Crippen LogP contribution >= 0.6 is 34.9 Å². The summed E-state index contributed by atoms with van der Waals surface area (Å²) in [6.45, 7) is 0. The fourth-order valence-corrected chi connectivity index (χ4v) is 5.36. The van der Waals surface area contributed by atoms with Crippen molar-refractivity contribution in [2.75, 3.05) is 22.1 Å². The molecule has 4 rings (SSSR count). The molecule has 11 heteroatoms. The average molecular weight is 488 g/mol. The molecule has 2 N–H and O–H groups in total. The summed E-state index contributed by atoms with van der Waals surface area (Å²) in [6.07, 6.45) is 3.53. The van der Waals surface area contributed by atoms with E-state index in [9.17, 15) is 14.0 Å². The van der Waals surface area contributed by atoms with Crippen LogP contribution in [0.1, 0.15) is 0 Å². The lowest BCUT2D eigenvalue weighted by molar-refractivity contribution is -0.114. The van der Waals surface area contributed by atoms with E-state index in [-0.39, 0.29) is 29.1 Å². The number of hydrogen-bond donors (Lipinski definition) is 2. The minimum absolute atomic E-state index is 0.117. The summed E-state index contributed by atoms with van der Waals surface area (Å²) in [6, 6.07) is 11.1. The van der Waals surface area contributed by atoms with Gasteiger partial charge in [0.15, 0.2) is 9.50 Å². The average Bonchev–Trinajstić information content (AvgIpc) is 3.37. The number of thiazole rings is 1. The van der Waals surface area contributed by atoms with Crippen LogP contribution in [0, 0.1) is 5.82 Å². The zero-order valence-corrected chi connectivity index (χ0v) is 19.3. The zero-order valence-electron chi connectivity index (χ0n) is 16.9. The van der Waals surface area contributed by atoms with Crippen LogP contribution in [0.5, 0.6) is 0 Å². The molecule has 0 saturated heterocycles. The van der Waals surface area contributed by atoms with Gasteiger partial charge < -0.3 is 15.2 Å². The Morgan fingerprint density at radius 1 is 1.03 bits per heavy atom. The molecule has 2 aromatic heterocycles. The van der Waals surface area contributed by atoms with Crippen molar-refractivity contribution in [3.8, 4) is 0 Å². The Morgan fingerprint density at radius 2 is 1.72 bits per heavy atom. The van der Waals surface area contributed by atoms with Crippen LogP contribution in [-0.4, -0.2) is 37.9 Å². The molecule has 0 bridgehead atoms. The standard InChI is InChI=1S/C21H18FN5O2S3/c1-27-9-8-23-20(27)30-11-18(28)25-15-6-7-16-17(10-15)32-21(26-16)31-12-19(29)24-14-4-2-13(22)3-5-14/h2-10H,11-12H2,1H3,(H,24,29)(H,25,28). The SMILES string of the molecule is Cn1ccnc1SCC(=O)Nc1ccc2nc(SCC(=O)Nc3ccc(F)cc3)sc2c1. The minimum Gasteiger partial charge on any atom is -0.329 e. The van der Waals surface area contributed by atoms with Crippen molar-refractivity contribution in [3.05, 3.63) is 60.7 Å². The van der Waals surface area contributed by atoms with Crippen LogP contribution in [0.3, 0.4) is 0 Å². The van der Waals surface area contributed by atoms with E-state index >= 15 is 0 Å². The number of carbonyl (C=O) groups excluding carboxylic acids is 2. The van der Waals surface area contributed by atoms with Gasteiger partial charge in [-0.15, -0.1) is 11.3 Å². The first kappa shape index (κ1) is 22.3. The maximum atomic E-state index is 13.0. The van der Waals surface area contributed by atoms with Gasteiger partial charge in [0, 0.05) is 30.8 Å². The van der Waals surface area contributed by atoms with Crippen molar-refractivity contribution in [2.45, 2.75) is 9.50 Å². The number of aromatic nitrogens is 3. The number of fused-ring (bicyclic) bond motifs is 1. The van der Waals surface area contributed by atoms with Gasteiger partial charge in [0.2, 0.25) is 11.8 Å². The van der Waals surface area contributed by atoms with E-state index in [1.807, 2.05) is 29.9 Å². The molecule has 2 amide bonds. The van der Waals surface area contributed by atoms with Crippen LogP contribution in [0.15, 0.2) is 64.4 Å². The molecule has 7 nitrogen and oxygen atoms in total. The van der Waals surface area contributed by atoms with Gasteiger partial charge in [0.25, 0.3) is 0 Å². The molecule has 4 aromatic rings. The molecule has 164 valence electrons. The van der Waals surface area contributed by atoms with E-state index in [2.05, 4.69) is 20.6 Å². The first-order chi connectivity index (χ1) is 15.5. The molecule has 0 aliphatic rings. The molecule has 0 aliphatic carbocycles. The number of benzene rings is 2. The third kappa shape index (κ3) is 5.87. The van der Waals surface area contributed by atoms with Crippen molar-refractivity contribution in [1.29, 1.82) is 0 Å². The predicted molar refractivity (Wildman–Crippen MR) is 128 cm³/mol. The summed E-state index contributed by atoms with van der Waals surface area (Å²) in [4.78, 5) is 33.1. The van der Waals surface area contributed by atoms with Crippen molar-refractivity contribution in [1.82, 2.24) is 14.5 Å². The van der Waals surface area contributed by atoms with Crippen molar-refractivity contribution in [2.24, 2.45) is 7.05 Å². The maximum absolute atomic E-state index is 13.0. The molecular formula is C21H18FN5O2S3. The number of aryl methyl sites for hydroxylation is 1. The third-order valence-electron chi connectivity index (χ3n) is 4.22. The second-order valence-corrected chi connectivity index (χ2v) is 9.86. The number of imidazole rings is 1. The highest BCUT2D eigenvalue weighted by Crippen LogP contribution is 2.31. The lowest BCUT2D eigenvalue weighted by Crippen LogP contribution is -2.14. The first-order valence-electron chi connectivity index (χ1n) is 9.45. The topological polar surface area (TPSA) is 88.9 Å². The first-order valence-corrected chi connectivity index (χ1v) is 12.2. The van der Waals surface area contributed by atoms with Gasteiger partial charge in [-0.3, -0.25) is 9.59 Å². The smallest absolute Gasteiger partial charge is 0.234 e. The number of nitrogens with one attached hydrogen (secondary N) is 2. The Kier molecular flexibility index (Phi) is 7.08. The van der Waals surface area contributed by atoms with E-state index in [1.54, 1.807) is 12.3 Å². The van der Waals surface area contributed by atoms with Gasteiger partial charge >= 0.3 is 0 Å². The summed E-state index contributed by atoms with van der Waals surface area (Å²) >= 11 is 4.15. The number of halogens is 1. The van der Waals surface area contributed by atoms with E-state index in [4.69, 9.17) is 0 Å². The number of amides is 2. The summed E-state index contributed by atoms with van der Waals surface area (Å²) in [7, 11) is 1.88. The van der Waals surface area contributed by atoms with Gasteiger partial charge in [0.1, 0.15) is 5.82 Å². The molecule has 0 fully saturated rings.